The molecule has 1 fully saturated rings. The molecule has 82 valence electrons. The molecule has 1 aliphatic heterocycles. The van der Waals surface area contributed by atoms with Crippen molar-refractivity contribution in [3.63, 3.8) is 0 Å². The normalized spacial score (nSPS) is 26.6. The van der Waals surface area contributed by atoms with Gasteiger partial charge in [0.2, 0.25) is 0 Å². The summed E-state index contributed by atoms with van der Waals surface area (Å²) in [6.07, 6.45) is 1.36. The molecule has 0 aromatic rings. The lowest BCUT2D eigenvalue weighted by Gasteiger charge is -2.23. The second kappa shape index (κ2) is 5.58. The van der Waals surface area contributed by atoms with Crippen LogP contribution in [0, 0.1) is 0 Å². The first-order valence-electron chi connectivity index (χ1n) is 4.65. The third-order valence-corrected chi connectivity index (χ3v) is 3.41. The summed E-state index contributed by atoms with van der Waals surface area (Å²) in [5, 5.41) is 9.05. The standard InChI is InChI=1S/C9H16O4S/c1-12-4-2-5-13-9(8(10)11)3-6-14-7-9/h2-7H2,1H3,(H,10,11). The maximum Gasteiger partial charge on any atom is 0.336 e. The number of thioether (sulfide) groups is 1. The Morgan fingerprint density at radius 1 is 1.57 bits per heavy atom. The first-order chi connectivity index (χ1) is 6.71. The Morgan fingerprint density at radius 3 is 2.86 bits per heavy atom. The monoisotopic (exact) mass is 220 g/mol. The number of methoxy groups -OCH3 is 1. The van der Waals surface area contributed by atoms with Crippen LogP contribution in [0.15, 0.2) is 0 Å². The molecule has 1 aliphatic rings. The van der Waals surface area contributed by atoms with E-state index in [0.29, 0.717) is 25.4 Å². The molecule has 0 amide bonds. The van der Waals surface area contributed by atoms with Gasteiger partial charge in [0.05, 0.1) is 6.61 Å². The molecule has 1 rings (SSSR count). The Hall–Kier alpha value is -0.260. The van der Waals surface area contributed by atoms with Crippen LogP contribution in [-0.4, -0.2) is 48.5 Å². The van der Waals surface area contributed by atoms with Gasteiger partial charge in [-0.2, -0.15) is 11.8 Å². The van der Waals surface area contributed by atoms with E-state index in [9.17, 15) is 4.79 Å². The Kier molecular flexibility index (Phi) is 4.71. The zero-order valence-electron chi connectivity index (χ0n) is 8.32. The average Bonchev–Trinajstić information content (AvgIpc) is 2.62. The SMILES string of the molecule is COCCCOC1(C(=O)O)CCSC1. The highest BCUT2D eigenvalue weighted by atomic mass is 32.2. The fourth-order valence-electron chi connectivity index (χ4n) is 1.36. The number of ether oxygens (including phenoxy) is 2. The first kappa shape index (κ1) is 11.8. The van der Waals surface area contributed by atoms with E-state index < -0.39 is 11.6 Å². The lowest BCUT2D eigenvalue weighted by atomic mass is 10.0. The first-order valence-corrected chi connectivity index (χ1v) is 5.81. The van der Waals surface area contributed by atoms with Crippen molar-refractivity contribution in [1.82, 2.24) is 0 Å². The summed E-state index contributed by atoms with van der Waals surface area (Å²) >= 11 is 1.64. The molecule has 0 aromatic heterocycles. The Morgan fingerprint density at radius 2 is 2.36 bits per heavy atom. The lowest BCUT2D eigenvalue weighted by Crippen LogP contribution is -2.42. The Bertz CT molecular complexity index is 189. The molecule has 1 unspecified atom stereocenters. The van der Waals surface area contributed by atoms with Gasteiger partial charge in [0, 0.05) is 19.5 Å². The number of carboxylic acid groups (broad SMARTS) is 1. The molecule has 0 aliphatic carbocycles. The Balaban J connectivity index is 2.33. The summed E-state index contributed by atoms with van der Waals surface area (Å²) in [5.41, 5.74) is -0.932. The number of carboxylic acids is 1. The van der Waals surface area contributed by atoms with Crippen molar-refractivity contribution in [3.8, 4) is 0 Å². The Labute approximate surface area is 88.0 Å². The minimum absolute atomic E-state index is 0.459. The molecule has 14 heavy (non-hydrogen) atoms. The van der Waals surface area contributed by atoms with E-state index in [1.165, 1.54) is 0 Å². The van der Waals surface area contributed by atoms with E-state index in [-0.39, 0.29) is 0 Å². The van der Waals surface area contributed by atoms with Crippen molar-refractivity contribution in [3.05, 3.63) is 0 Å². The highest BCUT2D eigenvalue weighted by Gasteiger charge is 2.42. The lowest BCUT2D eigenvalue weighted by molar-refractivity contribution is -0.162. The van der Waals surface area contributed by atoms with Gasteiger partial charge in [0.1, 0.15) is 0 Å². The van der Waals surface area contributed by atoms with E-state index in [1.54, 1.807) is 18.9 Å². The van der Waals surface area contributed by atoms with Gasteiger partial charge in [-0.25, -0.2) is 4.79 Å². The van der Waals surface area contributed by atoms with Gasteiger partial charge in [-0.3, -0.25) is 0 Å². The summed E-state index contributed by atoms with van der Waals surface area (Å²) in [5.74, 6) is 0.603. The molecule has 4 nitrogen and oxygen atoms in total. The van der Waals surface area contributed by atoms with Crippen molar-refractivity contribution in [2.24, 2.45) is 0 Å². The number of aliphatic carboxylic acids is 1. The molecule has 1 atom stereocenters. The smallest absolute Gasteiger partial charge is 0.336 e. The van der Waals surface area contributed by atoms with Gasteiger partial charge in [0.25, 0.3) is 0 Å². The van der Waals surface area contributed by atoms with Crippen LogP contribution in [-0.2, 0) is 14.3 Å². The van der Waals surface area contributed by atoms with Crippen molar-refractivity contribution in [1.29, 1.82) is 0 Å². The van der Waals surface area contributed by atoms with Crippen LogP contribution in [0.3, 0.4) is 0 Å². The highest BCUT2D eigenvalue weighted by Crippen LogP contribution is 2.31. The third kappa shape index (κ3) is 2.87. The molecule has 1 heterocycles. The molecule has 5 heteroatoms. The summed E-state index contributed by atoms with van der Waals surface area (Å²) in [6, 6.07) is 0. The minimum atomic E-state index is -0.932. The molecular weight excluding hydrogens is 204 g/mol. The summed E-state index contributed by atoms with van der Waals surface area (Å²) in [6.45, 7) is 1.07. The van der Waals surface area contributed by atoms with Crippen LogP contribution in [0.1, 0.15) is 12.8 Å². The van der Waals surface area contributed by atoms with Gasteiger partial charge in [-0.05, 0) is 18.6 Å². The van der Waals surface area contributed by atoms with Crippen LogP contribution in [0.25, 0.3) is 0 Å². The number of carbonyl (C=O) groups is 1. The molecular formula is C9H16O4S. The average molecular weight is 220 g/mol. The maximum absolute atomic E-state index is 11.0. The van der Waals surface area contributed by atoms with E-state index in [0.717, 1.165) is 12.2 Å². The van der Waals surface area contributed by atoms with E-state index in [2.05, 4.69) is 0 Å². The summed E-state index contributed by atoms with van der Waals surface area (Å²) in [7, 11) is 1.62. The van der Waals surface area contributed by atoms with Gasteiger partial charge < -0.3 is 14.6 Å². The number of rotatable bonds is 6. The van der Waals surface area contributed by atoms with Gasteiger partial charge >= 0.3 is 5.97 Å². The summed E-state index contributed by atoms with van der Waals surface area (Å²) in [4.78, 5) is 11.0. The molecule has 0 bridgehead atoms. The molecule has 0 aromatic carbocycles. The molecule has 0 saturated carbocycles. The molecule has 1 saturated heterocycles. The highest BCUT2D eigenvalue weighted by molar-refractivity contribution is 7.99. The quantitative estimate of drug-likeness (QED) is 0.677. The molecule has 0 spiro atoms. The largest absolute Gasteiger partial charge is 0.479 e. The third-order valence-electron chi connectivity index (χ3n) is 2.25. The van der Waals surface area contributed by atoms with E-state index in [4.69, 9.17) is 14.6 Å². The molecule has 0 radical (unpaired) electrons. The summed E-state index contributed by atoms with van der Waals surface area (Å²) < 4.78 is 10.3. The second-order valence-electron chi connectivity index (χ2n) is 3.30. The van der Waals surface area contributed by atoms with Crippen LogP contribution >= 0.6 is 11.8 Å². The van der Waals surface area contributed by atoms with Gasteiger partial charge in [0.15, 0.2) is 5.60 Å². The predicted molar refractivity (Wildman–Crippen MR) is 54.8 cm³/mol. The van der Waals surface area contributed by atoms with Crippen LogP contribution in [0.2, 0.25) is 0 Å². The maximum atomic E-state index is 11.0. The zero-order chi connectivity index (χ0) is 10.4. The predicted octanol–water partition coefficient (Wildman–Crippen LogP) is 1.000. The van der Waals surface area contributed by atoms with Crippen LogP contribution < -0.4 is 0 Å². The number of hydrogen-bond donors (Lipinski definition) is 1. The van der Waals surface area contributed by atoms with E-state index >= 15 is 0 Å². The van der Waals surface area contributed by atoms with Crippen LogP contribution in [0.5, 0.6) is 0 Å². The minimum Gasteiger partial charge on any atom is -0.479 e. The fraction of sp³-hybridized carbons (Fsp3) is 0.889. The van der Waals surface area contributed by atoms with E-state index in [1.807, 2.05) is 0 Å². The fourth-order valence-corrected chi connectivity index (χ4v) is 2.66. The van der Waals surface area contributed by atoms with Crippen molar-refractivity contribution in [2.75, 3.05) is 31.8 Å². The van der Waals surface area contributed by atoms with Gasteiger partial charge in [-0.15, -0.1) is 0 Å². The topological polar surface area (TPSA) is 55.8 Å². The zero-order valence-corrected chi connectivity index (χ0v) is 9.14. The molecule has 1 N–H and O–H groups in total. The number of hydrogen-bond acceptors (Lipinski definition) is 4. The van der Waals surface area contributed by atoms with Crippen molar-refractivity contribution >= 4 is 17.7 Å². The van der Waals surface area contributed by atoms with Crippen molar-refractivity contribution < 1.29 is 19.4 Å². The second-order valence-corrected chi connectivity index (χ2v) is 4.40. The van der Waals surface area contributed by atoms with Gasteiger partial charge in [-0.1, -0.05) is 0 Å². The van der Waals surface area contributed by atoms with Crippen molar-refractivity contribution in [2.45, 2.75) is 18.4 Å². The van der Waals surface area contributed by atoms with Crippen LogP contribution in [0.4, 0.5) is 0 Å².